The van der Waals surface area contributed by atoms with Crippen molar-refractivity contribution >= 4 is 29.5 Å². The maximum Gasteiger partial charge on any atom is 0.265 e. The molecule has 0 fully saturated rings. The van der Waals surface area contributed by atoms with Crippen molar-refractivity contribution in [3.63, 3.8) is 0 Å². The molecule has 0 aliphatic carbocycles. The second kappa shape index (κ2) is 7.73. The molecule has 0 bridgehead atoms. The molecule has 1 heterocycles. The number of anilines is 1. The number of rotatable bonds is 3. The summed E-state index contributed by atoms with van der Waals surface area (Å²) >= 11 is 0. The molecule has 2 aromatic carbocycles. The van der Waals surface area contributed by atoms with E-state index in [0.29, 0.717) is 5.56 Å². The number of carbonyl (C=O) groups is 2. The molecule has 2 amide bonds. The fourth-order valence-corrected chi connectivity index (χ4v) is 2.63. The normalized spacial score (nSPS) is 12.9. The van der Waals surface area contributed by atoms with Gasteiger partial charge in [-0.2, -0.15) is 0 Å². The average Bonchev–Trinajstić information content (AvgIpc) is 2.91. The molecule has 3 rings (SSSR count). The summed E-state index contributed by atoms with van der Waals surface area (Å²) in [5.74, 6) is -3.42. The van der Waals surface area contributed by atoms with Crippen molar-refractivity contribution in [1.29, 1.82) is 0 Å². The third-order valence-electron chi connectivity index (χ3n) is 3.83. The molecular weight excluding hydrogens is 355 g/mol. The van der Waals surface area contributed by atoms with E-state index in [-0.39, 0.29) is 17.9 Å². The number of nitrogens with two attached hydrogens (primary N) is 2. The highest BCUT2D eigenvalue weighted by Crippen LogP contribution is 2.48. The molecule has 0 aromatic heterocycles. The Morgan fingerprint density at radius 1 is 1.07 bits per heavy atom. The highest BCUT2D eigenvalue weighted by Gasteiger charge is 2.42. The zero-order valence-electron chi connectivity index (χ0n) is 14.7. The highest BCUT2D eigenvalue weighted by molar-refractivity contribution is 6.25. The van der Waals surface area contributed by atoms with Crippen molar-refractivity contribution in [3.8, 4) is 11.5 Å². The number of phenols is 2. The van der Waals surface area contributed by atoms with Gasteiger partial charge < -0.3 is 21.7 Å². The van der Waals surface area contributed by atoms with Crippen LogP contribution in [0, 0.1) is 5.82 Å². The Morgan fingerprint density at radius 3 is 2.11 bits per heavy atom. The highest BCUT2D eigenvalue weighted by atomic mass is 19.1. The topological polar surface area (TPSA) is 142 Å². The fourth-order valence-electron chi connectivity index (χ4n) is 2.63. The number of amides is 2. The number of fused-ring (bicyclic) bond motifs is 1. The van der Waals surface area contributed by atoms with Crippen LogP contribution in [-0.4, -0.2) is 33.3 Å². The van der Waals surface area contributed by atoms with E-state index in [9.17, 15) is 24.2 Å². The summed E-state index contributed by atoms with van der Waals surface area (Å²) in [5.41, 5.74) is 9.83. The molecule has 0 saturated carbocycles. The number of aromatic hydroxyl groups is 2. The fraction of sp³-hybridized carbons (Fsp3) is 0.167. The number of carbonyl (C=O) groups excluding carboxylic acids is 2. The van der Waals surface area contributed by atoms with Crippen molar-refractivity contribution < 1.29 is 24.2 Å². The van der Waals surface area contributed by atoms with Crippen LogP contribution in [0.5, 0.6) is 11.5 Å². The van der Waals surface area contributed by atoms with Crippen molar-refractivity contribution in [3.05, 3.63) is 46.8 Å². The van der Waals surface area contributed by atoms with Gasteiger partial charge in [0.2, 0.25) is 0 Å². The Morgan fingerprint density at radius 2 is 1.59 bits per heavy atom. The number of phenolic OH excluding ortho intramolecular Hbond substituents is 2. The number of nitrogens with zero attached hydrogens (tertiary/aromatic N) is 2. The molecule has 0 radical (unpaired) electrons. The molecule has 2 aromatic rings. The van der Waals surface area contributed by atoms with Gasteiger partial charge in [0, 0.05) is 0 Å². The van der Waals surface area contributed by atoms with Crippen LogP contribution in [-0.2, 0) is 6.54 Å². The van der Waals surface area contributed by atoms with E-state index < -0.39 is 40.3 Å². The summed E-state index contributed by atoms with van der Waals surface area (Å²) in [4.78, 5) is 29.5. The minimum atomic E-state index is -0.828. The van der Waals surface area contributed by atoms with Crippen LogP contribution in [0.4, 0.5) is 15.8 Å². The first-order chi connectivity index (χ1) is 12.9. The van der Waals surface area contributed by atoms with E-state index in [4.69, 9.17) is 11.5 Å². The Kier molecular flexibility index (Phi) is 5.64. The second-order valence-electron chi connectivity index (χ2n) is 5.31. The average molecular weight is 374 g/mol. The van der Waals surface area contributed by atoms with Crippen LogP contribution < -0.4 is 11.5 Å². The molecule has 0 unspecified atom stereocenters. The van der Waals surface area contributed by atoms with Crippen LogP contribution in [0.25, 0.3) is 0 Å². The third kappa shape index (κ3) is 3.26. The molecule has 0 spiro atoms. The number of aliphatic imine (C=N–C) groups is 1. The molecule has 0 atom stereocenters. The zero-order chi connectivity index (χ0) is 20.3. The van der Waals surface area contributed by atoms with Gasteiger partial charge in [0.15, 0.2) is 11.5 Å². The van der Waals surface area contributed by atoms with E-state index in [1.54, 1.807) is 0 Å². The minimum absolute atomic E-state index is 0.166. The quantitative estimate of drug-likeness (QED) is 0.162. The van der Waals surface area contributed by atoms with Gasteiger partial charge in [-0.3, -0.25) is 14.5 Å². The maximum atomic E-state index is 13.0. The van der Waals surface area contributed by atoms with Crippen LogP contribution in [0.15, 0.2) is 29.3 Å². The second-order valence-corrected chi connectivity index (χ2v) is 5.31. The molecule has 0 saturated heterocycles. The first-order valence-electron chi connectivity index (χ1n) is 8.09. The van der Waals surface area contributed by atoms with E-state index in [1.807, 2.05) is 13.8 Å². The predicted octanol–water partition coefficient (Wildman–Crippen LogP) is 2.26. The van der Waals surface area contributed by atoms with E-state index in [1.165, 1.54) is 24.3 Å². The van der Waals surface area contributed by atoms with Crippen molar-refractivity contribution in [2.75, 3.05) is 5.73 Å². The van der Waals surface area contributed by atoms with Gasteiger partial charge in [-0.05, 0) is 17.7 Å². The Bertz CT molecular complexity index is 926. The van der Waals surface area contributed by atoms with Crippen molar-refractivity contribution in [1.82, 2.24) is 4.90 Å². The van der Waals surface area contributed by atoms with Crippen LogP contribution in [0.2, 0.25) is 0 Å². The van der Waals surface area contributed by atoms with Crippen molar-refractivity contribution in [2.24, 2.45) is 10.7 Å². The first kappa shape index (κ1) is 19.7. The lowest BCUT2D eigenvalue weighted by atomic mass is 10.0. The van der Waals surface area contributed by atoms with E-state index in [0.717, 1.165) is 11.2 Å². The summed E-state index contributed by atoms with van der Waals surface area (Å²) in [5, 5.41) is 20.4. The number of benzene rings is 2. The Balaban J connectivity index is 0.00000126. The molecule has 1 aliphatic heterocycles. The Hall–Kier alpha value is -3.62. The number of halogens is 1. The summed E-state index contributed by atoms with van der Waals surface area (Å²) in [6.45, 7) is 3.83. The van der Waals surface area contributed by atoms with Crippen molar-refractivity contribution in [2.45, 2.75) is 20.4 Å². The SMILES string of the molecule is CC.NC=Nc1c(N)c(O)c2c(c1O)C(=O)N(Cc1ccc(F)cc1)C2=O. The number of imide groups is 1. The Labute approximate surface area is 154 Å². The lowest BCUT2D eigenvalue weighted by Crippen LogP contribution is -2.29. The summed E-state index contributed by atoms with van der Waals surface area (Å²) < 4.78 is 13.0. The standard InChI is InChI=1S/C16H13FN4O4.C2H6/c17-8-3-1-7(2-4-8)5-21-15(24)9-10(16(21)25)14(23)12(20-6-18)11(19)13(9)22;1-2/h1-4,6,22-23H,5,19H2,(H2,18,20);1-2H3. The van der Waals surface area contributed by atoms with Gasteiger partial charge in [0.1, 0.15) is 28.3 Å². The molecule has 9 heteroatoms. The van der Waals surface area contributed by atoms with Gasteiger partial charge in [-0.25, -0.2) is 9.38 Å². The maximum absolute atomic E-state index is 13.0. The lowest BCUT2D eigenvalue weighted by molar-refractivity contribution is 0.0641. The summed E-state index contributed by atoms with van der Waals surface area (Å²) in [6.07, 6.45) is 0.828. The minimum Gasteiger partial charge on any atom is -0.505 e. The monoisotopic (exact) mass is 374 g/mol. The molecule has 27 heavy (non-hydrogen) atoms. The van der Waals surface area contributed by atoms with Crippen LogP contribution in [0.1, 0.15) is 40.1 Å². The van der Waals surface area contributed by atoms with E-state index in [2.05, 4.69) is 4.99 Å². The number of hydrogen-bond donors (Lipinski definition) is 4. The van der Waals surface area contributed by atoms with Crippen LogP contribution >= 0.6 is 0 Å². The van der Waals surface area contributed by atoms with Gasteiger partial charge in [0.25, 0.3) is 11.8 Å². The summed E-state index contributed by atoms with van der Waals surface area (Å²) in [6, 6.07) is 5.21. The first-order valence-corrected chi connectivity index (χ1v) is 8.09. The largest absolute Gasteiger partial charge is 0.505 e. The van der Waals surface area contributed by atoms with E-state index >= 15 is 0 Å². The number of hydrogen-bond acceptors (Lipinski definition) is 6. The number of nitrogen functional groups attached to an aromatic ring is 1. The zero-order valence-corrected chi connectivity index (χ0v) is 14.7. The molecule has 1 aliphatic rings. The molecular formula is C18H19FN4O4. The van der Waals surface area contributed by atoms with Crippen LogP contribution in [0.3, 0.4) is 0 Å². The van der Waals surface area contributed by atoms with Gasteiger partial charge in [0.05, 0.1) is 12.9 Å². The van der Waals surface area contributed by atoms with Gasteiger partial charge in [-0.1, -0.05) is 26.0 Å². The smallest absolute Gasteiger partial charge is 0.265 e. The third-order valence-corrected chi connectivity index (χ3v) is 3.83. The van der Waals surface area contributed by atoms with Gasteiger partial charge in [-0.15, -0.1) is 0 Å². The van der Waals surface area contributed by atoms with Gasteiger partial charge >= 0.3 is 0 Å². The summed E-state index contributed by atoms with van der Waals surface area (Å²) in [7, 11) is 0. The lowest BCUT2D eigenvalue weighted by Gasteiger charge is -2.13. The predicted molar refractivity (Wildman–Crippen MR) is 98.5 cm³/mol. The molecule has 6 N–H and O–H groups in total. The molecule has 142 valence electrons. The molecule has 8 nitrogen and oxygen atoms in total.